The summed E-state index contributed by atoms with van der Waals surface area (Å²) in [6, 6.07) is 8.19. The van der Waals surface area contributed by atoms with Crippen molar-refractivity contribution in [1.29, 1.82) is 0 Å². The number of thiophene rings is 1. The Bertz CT molecular complexity index is 822. The highest BCUT2D eigenvalue weighted by Gasteiger charge is 2.12. The summed E-state index contributed by atoms with van der Waals surface area (Å²) in [5, 5.41) is 3.20. The van der Waals surface area contributed by atoms with E-state index < -0.39 is 0 Å². The highest BCUT2D eigenvalue weighted by Crippen LogP contribution is 2.31. The molecule has 0 fully saturated rings. The van der Waals surface area contributed by atoms with Gasteiger partial charge in [0.25, 0.3) is 5.56 Å². The molecular formula is C15H13IN2OS. The zero-order chi connectivity index (χ0) is 14.1. The summed E-state index contributed by atoms with van der Waals surface area (Å²) < 4.78 is 1.91. The largest absolute Gasteiger partial charge is 0.306 e. The summed E-state index contributed by atoms with van der Waals surface area (Å²) in [5.74, 6) is 0.677. The third-order valence-corrected chi connectivity index (χ3v) is 5.23. The number of rotatable bonds is 3. The Morgan fingerprint density at radius 3 is 2.95 bits per heavy atom. The molecule has 0 aliphatic carbocycles. The van der Waals surface area contributed by atoms with E-state index in [1.54, 1.807) is 11.3 Å². The quantitative estimate of drug-likeness (QED) is 0.675. The SMILES string of the molecule is CCCc1nc(-c2csc3ccccc23)[nH]c(=O)c1I. The second-order valence-corrected chi connectivity index (χ2v) is 6.56. The van der Waals surface area contributed by atoms with Crippen LogP contribution >= 0.6 is 33.9 Å². The van der Waals surface area contributed by atoms with Crippen LogP contribution in [0, 0.1) is 3.57 Å². The lowest BCUT2D eigenvalue weighted by molar-refractivity contribution is 0.860. The van der Waals surface area contributed by atoms with Crippen molar-refractivity contribution in [2.24, 2.45) is 0 Å². The van der Waals surface area contributed by atoms with Crippen molar-refractivity contribution < 1.29 is 0 Å². The van der Waals surface area contributed by atoms with Crippen molar-refractivity contribution in [2.45, 2.75) is 19.8 Å². The van der Waals surface area contributed by atoms with Crippen molar-refractivity contribution in [3.05, 3.63) is 49.3 Å². The Balaban J connectivity index is 2.22. The molecule has 0 aliphatic heterocycles. The molecule has 102 valence electrons. The molecule has 2 aromatic heterocycles. The topological polar surface area (TPSA) is 45.8 Å². The van der Waals surface area contributed by atoms with Gasteiger partial charge in [-0.25, -0.2) is 4.98 Å². The Kier molecular flexibility index (Phi) is 3.89. The van der Waals surface area contributed by atoms with Crippen molar-refractivity contribution in [3.63, 3.8) is 0 Å². The highest BCUT2D eigenvalue weighted by molar-refractivity contribution is 14.1. The molecular weight excluding hydrogens is 383 g/mol. The third kappa shape index (κ3) is 2.40. The van der Waals surface area contributed by atoms with Crippen molar-refractivity contribution in [3.8, 4) is 11.4 Å². The fourth-order valence-electron chi connectivity index (χ4n) is 2.20. The van der Waals surface area contributed by atoms with Crippen LogP contribution in [-0.2, 0) is 6.42 Å². The number of aromatic amines is 1. The molecule has 0 amide bonds. The molecule has 0 saturated heterocycles. The van der Waals surface area contributed by atoms with Crippen LogP contribution in [0.3, 0.4) is 0 Å². The minimum atomic E-state index is -0.0469. The first-order chi connectivity index (χ1) is 9.70. The van der Waals surface area contributed by atoms with Crippen molar-refractivity contribution in [1.82, 2.24) is 9.97 Å². The lowest BCUT2D eigenvalue weighted by atomic mass is 10.1. The number of nitrogens with zero attached hydrogens (tertiary/aromatic N) is 1. The number of benzene rings is 1. The van der Waals surface area contributed by atoms with Crippen molar-refractivity contribution in [2.75, 3.05) is 0 Å². The Labute approximate surface area is 134 Å². The predicted molar refractivity (Wildman–Crippen MR) is 92.4 cm³/mol. The molecule has 0 spiro atoms. The molecule has 1 N–H and O–H groups in total. The summed E-state index contributed by atoms with van der Waals surface area (Å²) in [4.78, 5) is 19.6. The molecule has 20 heavy (non-hydrogen) atoms. The normalized spacial score (nSPS) is 11.1. The molecule has 0 unspecified atom stereocenters. The number of hydrogen-bond acceptors (Lipinski definition) is 3. The molecule has 1 aromatic carbocycles. The number of halogens is 1. The van der Waals surface area contributed by atoms with Gasteiger partial charge in [-0.3, -0.25) is 4.79 Å². The first kappa shape index (κ1) is 13.8. The second-order valence-electron chi connectivity index (χ2n) is 4.57. The molecule has 2 heterocycles. The van der Waals surface area contributed by atoms with Gasteiger partial charge in [0.15, 0.2) is 0 Å². The fourth-order valence-corrected chi connectivity index (χ4v) is 3.67. The van der Waals surface area contributed by atoms with Gasteiger partial charge in [-0.15, -0.1) is 11.3 Å². The van der Waals surface area contributed by atoms with Crippen LogP contribution < -0.4 is 5.56 Å². The van der Waals surface area contributed by atoms with Gasteiger partial charge in [0.05, 0.1) is 9.26 Å². The molecule has 0 saturated carbocycles. The van der Waals surface area contributed by atoms with E-state index in [0.29, 0.717) is 9.39 Å². The zero-order valence-electron chi connectivity index (χ0n) is 10.9. The van der Waals surface area contributed by atoms with E-state index in [4.69, 9.17) is 0 Å². The van der Waals surface area contributed by atoms with Crippen LogP contribution in [0.1, 0.15) is 19.0 Å². The van der Waals surface area contributed by atoms with Crippen molar-refractivity contribution >= 4 is 44.0 Å². The summed E-state index contributed by atoms with van der Waals surface area (Å²) in [6.45, 7) is 2.10. The van der Waals surface area contributed by atoms with Crippen LogP contribution in [0.15, 0.2) is 34.4 Å². The van der Waals surface area contributed by atoms with E-state index >= 15 is 0 Å². The van der Waals surface area contributed by atoms with E-state index in [1.165, 1.54) is 4.70 Å². The van der Waals surface area contributed by atoms with Crippen LogP contribution in [0.5, 0.6) is 0 Å². The number of hydrogen-bond donors (Lipinski definition) is 1. The predicted octanol–water partition coefficient (Wildman–Crippen LogP) is 4.21. The van der Waals surface area contributed by atoms with Gasteiger partial charge in [0, 0.05) is 21.0 Å². The van der Waals surface area contributed by atoms with Crippen LogP contribution in [0.25, 0.3) is 21.5 Å². The van der Waals surface area contributed by atoms with Gasteiger partial charge in [-0.1, -0.05) is 31.5 Å². The average molecular weight is 396 g/mol. The van der Waals surface area contributed by atoms with E-state index in [-0.39, 0.29) is 5.56 Å². The van der Waals surface area contributed by atoms with Gasteiger partial charge >= 0.3 is 0 Å². The number of aromatic nitrogens is 2. The van der Waals surface area contributed by atoms with Crippen LogP contribution in [-0.4, -0.2) is 9.97 Å². The summed E-state index contributed by atoms with van der Waals surface area (Å²) in [6.07, 6.45) is 1.81. The number of aryl methyl sites for hydroxylation is 1. The van der Waals surface area contributed by atoms with Crippen LogP contribution in [0.2, 0.25) is 0 Å². The minimum Gasteiger partial charge on any atom is -0.306 e. The van der Waals surface area contributed by atoms with Gasteiger partial charge < -0.3 is 4.98 Å². The van der Waals surface area contributed by atoms with E-state index in [0.717, 1.165) is 29.5 Å². The van der Waals surface area contributed by atoms with Gasteiger partial charge in [0.2, 0.25) is 0 Å². The van der Waals surface area contributed by atoms with Gasteiger partial charge in [0.1, 0.15) is 5.82 Å². The monoisotopic (exact) mass is 396 g/mol. The molecule has 0 atom stereocenters. The number of fused-ring (bicyclic) bond motifs is 1. The summed E-state index contributed by atoms with van der Waals surface area (Å²) in [5.41, 5.74) is 1.85. The zero-order valence-corrected chi connectivity index (χ0v) is 13.9. The van der Waals surface area contributed by atoms with Gasteiger partial charge in [-0.2, -0.15) is 0 Å². The first-order valence-corrected chi connectivity index (χ1v) is 8.42. The Morgan fingerprint density at radius 1 is 1.35 bits per heavy atom. The molecule has 3 aromatic rings. The summed E-state index contributed by atoms with van der Waals surface area (Å²) in [7, 11) is 0. The molecule has 3 nitrogen and oxygen atoms in total. The molecule has 3 rings (SSSR count). The maximum atomic E-state index is 12.1. The lowest BCUT2D eigenvalue weighted by Crippen LogP contribution is -2.16. The number of H-pyrrole nitrogens is 1. The van der Waals surface area contributed by atoms with Gasteiger partial charge in [-0.05, 0) is 35.1 Å². The minimum absolute atomic E-state index is 0.0469. The fraction of sp³-hybridized carbons (Fsp3) is 0.200. The molecule has 0 aliphatic rings. The average Bonchev–Trinajstić information content (AvgIpc) is 2.88. The Hall–Kier alpha value is -1.21. The number of nitrogens with one attached hydrogen (secondary N) is 1. The maximum absolute atomic E-state index is 12.1. The maximum Gasteiger partial charge on any atom is 0.264 e. The lowest BCUT2D eigenvalue weighted by Gasteiger charge is -2.05. The standard InChI is InChI=1S/C15H13IN2OS/c1-2-5-11-13(16)15(19)18-14(17-11)10-8-20-12-7-4-3-6-9(10)12/h3-4,6-8H,2,5H2,1H3,(H,17,18,19). The molecule has 0 bridgehead atoms. The smallest absolute Gasteiger partial charge is 0.264 e. The second kappa shape index (κ2) is 5.65. The van der Waals surface area contributed by atoms with Crippen LogP contribution in [0.4, 0.5) is 0 Å². The molecule has 5 heteroatoms. The van der Waals surface area contributed by atoms with E-state index in [9.17, 15) is 4.79 Å². The molecule has 0 radical (unpaired) electrons. The van der Waals surface area contributed by atoms with E-state index in [1.807, 2.05) is 12.1 Å². The Morgan fingerprint density at radius 2 is 2.15 bits per heavy atom. The third-order valence-electron chi connectivity index (χ3n) is 3.15. The first-order valence-electron chi connectivity index (χ1n) is 6.46. The highest BCUT2D eigenvalue weighted by atomic mass is 127. The van der Waals surface area contributed by atoms with E-state index in [2.05, 4.69) is 57.0 Å². The summed E-state index contributed by atoms with van der Waals surface area (Å²) >= 11 is 3.75.